The molecule has 0 radical (unpaired) electrons. The summed E-state index contributed by atoms with van der Waals surface area (Å²) in [6.07, 6.45) is 9.21. The number of imidazole rings is 1. The molecule has 1 atom stereocenters. The molecule has 3 heterocycles. The van der Waals surface area contributed by atoms with E-state index in [9.17, 15) is 0 Å². The molecule has 0 aliphatic carbocycles. The largest absolute Gasteiger partial charge is 0.354 e. The SMILES string of the molecule is Cn1cnc2c(N3CCCC(CCCCc4ccc(C(C)(C)C)cc4)C3)nc(Cl)nc21. The van der Waals surface area contributed by atoms with Crippen LogP contribution in [0.5, 0.6) is 0 Å². The molecule has 6 heteroatoms. The first-order chi connectivity index (χ1) is 14.8. The molecule has 2 aromatic heterocycles. The highest BCUT2D eigenvalue weighted by molar-refractivity contribution is 6.28. The van der Waals surface area contributed by atoms with Gasteiger partial charge in [-0.25, -0.2) is 4.98 Å². The molecule has 0 bridgehead atoms. The molecule has 0 saturated carbocycles. The van der Waals surface area contributed by atoms with E-state index in [1.54, 1.807) is 6.33 Å². The first-order valence-corrected chi connectivity index (χ1v) is 11.9. The summed E-state index contributed by atoms with van der Waals surface area (Å²) in [6.45, 7) is 8.84. The van der Waals surface area contributed by atoms with E-state index in [2.05, 4.69) is 64.9 Å². The van der Waals surface area contributed by atoms with E-state index < -0.39 is 0 Å². The average Bonchev–Trinajstić information content (AvgIpc) is 3.11. The van der Waals surface area contributed by atoms with Gasteiger partial charge in [0.15, 0.2) is 17.0 Å². The summed E-state index contributed by atoms with van der Waals surface area (Å²) in [5.41, 5.74) is 4.73. The molecule has 5 nitrogen and oxygen atoms in total. The van der Waals surface area contributed by atoms with E-state index in [1.165, 1.54) is 43.2 Å². The molecule has 1 saturated heterocycles. The predicted octanol–water partition coefficient (Wildman–Crippen LogP) is 5.94. The van der Waals surface area contributed by atoms with Gasteiger partial charge < -0.3 is 9.47 Å². The molecular weight excluding hydrogens is 406 g/mol. The van der Waals surface area contributed by atoms with Crippen LogP contribution in [0, 0.1) is 5.92 Å². The number of nitrogens with zero attached hydrogens (tertiary/aromatic N) is 5. The molecule has 4 rings (SSSR count). The van der Waals surface area contributed by atoms with E-state index in [0.29, 0.717) is 11.2 Å². The van der Waals surface area contributed by atoms with Crippen molar-refractivity contribution >= 4 is 28.6 Å². The smallest absolute Gasteiger partial charge is 0.226 e. The van der Waals surface area contributed by atoms with Crippen LogP contribution in [-0.4, -0.2) is 32.6 Å². The van der Waals surface area contributed by atoms with Gasteiger partial charge in [-0.05, 0) is 66.2 Å². The minimum atomic E-state index is 0.222. The zero-order valence-corrected chi connectivity index (χ0v) is 20.0. The summed E-state index contributed by atoms with van der Waals surface area (Å²) in [5.74, 6) is 1.59. The zero-order chi connectivity index (χ0) is 22.0. The number of aryl methyl sites for hydroxylation is 2. The van der Waals surface area contributed by atoms with E-state index in [1.807, 2.05) is 11.6 Å². The van der Waals surface area contributed by atoms with Gasteiger partial charge >= 0.3 is 0 Å². The number of rotatable bonds is 6. The molecule has 31 heavy (non-hydrogen) atoms. The highest BCUT2D eigenvalue weighted by Gasteiger charge is 2.24. The van der Waals surface area contributed by atoms with Crippen molar-refractivity contribution < 1.29 is 0 Å². The Bertz CT molecular complexity index is 1020. The predicted molar refractivity (Wildman–Crippen MR) is 129 cm³/mol. The van der Waals surface area contributed by atoms with Crippen LogP contribution < -0.4 is 4.90 Å². The summed E-state index contributed by atoms with van der Waals surface area (Å²) in [6, 6.07) is 9.19. The maximum Gasteiger partial charge on any atom is 0.226 e. The Morgan fingerprint density at radius 1 is 1.10 bits per heavy atom. The van der Waals surface area contributed by atoms with Crippen molar-refractivity contribution in [3.63, 3.8) is 0 Å². The summed E-state index contributed by atoms with van der Waals surface area (Å²) in [7, 11) is 1.94. The summed E-state index contributed by atoms with van der Waals surface area (Å²) < 4.78 is 1.90. The summed E-state index contributed by atoms with van der Waals surface area (Å²) in [5, 5.41) is 0.297. The van der Waals surface area contributed by atoms with E-state index in [-0.39, 0.29) is 5.41 Å². The second-order valence-electron chi connectivity index (χ2n) is 9.99. The average molecular weight is 440 g/mol. The third-order valence-electron chi connectivity index (χ3n) is 6.48. The fraction of sp³-hybridized carbons (Fsp3) is 0.560. The number of aromatic nitrogens is 4. The van der Waals surface area contributed by atoms with Gasteiger partial charge in [0.25, 0.3) is 0 Å². The maximum absolute atomic E-state index is 6.21. The Hall–Kier alpha value is -2.14. The van der Waals surface area contributed by atoms with Gasteiger partial charge in [-0.3, -0.25) is 0 Å². The Labute approximate surface area is 190 Å². The molecule has 1 aliphatic heterocycles. The maximum atomic E-state index is 6.21. The fourth-order valence-electron chi connectivity index (χ4n) is 4.61. The lowest BCUT2D eigenvalue weighted by molar-refractivity contribution is 0.377. The lowest BCUT2D eigenvalue weighted by atomic mass is 9.86. The van der Waals surface area contributed by atoms with Crippen LogP contribution in [-0.2, 0) is 18.9 Å². The van der Waals surface area contributed by atoms with Crippen LogP contribution in [0.15, 0.2) is 30.6 Å². The molecule has 0 amide bonds. The number of hydrogen-bond acceptors (Lipinski definition) is 4. The highest BCUT2D eigenvalue weighted by atomic mass is 35.5. The number of piperidine rings is 1. The van der Waals surface area contributed by atoms with Crippen molar-refractivity contribution in [2.75, 3.05) is 18.0 Å². The first kappa shape index (κ1) is 22.1. The van der Waals surface area contributed by atoms with Crippen molar-refractivity contribution in [1.29, 1.82) is 0 Å². The summed E-state index contributed by atoms with van der Waals surface area (Å²) >= 11 is 6.21. The second kappa shape index (κ2) is 9.15. The quantitative estimate of drug-likeness (QED) is 0.352. The van der Waals surface area contributed by atoms with E-state index in [4.69, 9.17) is 11.6 Å². The lowest BCUT2D eigenvalue weighted by Gasteiger charge is -2.33. The van der Waals surface area contributed by atoms with E-state index >= 15 is 0 Å². The minimum absolute atomic E-state index is 0.222. The topological polar surface area (TPSA) is 46.8 Å². The van der Waals surface area contributed by atoms with Crippen LogP contribution in [0.25, 0.3) is 11.2 Å². The molecular formula is C25H34ClN5. The first-order valence-electron chi connectivity index (χ1n) is 11.5. The van der Waals surface area contributed by atoms with Crippen molar-refractivity contribution in [1.82, 2.24) is 19.5 Å². The van der Waals surface area contributed by atoms with Gasteiger partial charge in [0.05, 0.1) is 6.33 Å². The molecule has 1 aromatic carbocycles. The lowest BCUT2D eigenvalue weighted by Crippen LogP contribution is -2.36. The van der Waals surface area contributed by atoms with Crippen LogP contribution in [0.3, 0.4) is 0 Å². The molecule has 166 valence electrons. The normalized spacial score (nSPS) is 17.5. The number of hydrogen-bond donors (Lipinski definition) is 0. The summed E-state index contributed by atoms with van der Waals surface area (Å²) in [4.78, 5) is 15.8. The third kappa shape index (κ3) is 5.20. The number of halogens is 1. The highest BCUT2D eigenvalue weighted by Crippen LogP contribution is 2.30. The van der Waals surface area contributed by atoms with Crippen molar-refractivity contribution in [3.8, 4) is 0 Å². The second-order valence-corrected chi connectivity index (χ2v) is 10.3. The molecule has 3 aromatic rings. The van der Waals surface area contributed by atoms with Crippen molar-refractivity contribution in [2.45, 2.75) is 64.7 Å². The van der Waals surface area contributed by atoms with Gasteiger partial charge in [-0.15, -0.1) is 0 Å². The minimum Gasteiger partial charge on any atom is -0.354 e. The standard InChI is InChI=1S/C25H34ClN5/c1-25(2,3)20-13-11-18(12-14-20)8-5-6-9-19-10-7-15-31(16-19)23-21-22(28-24(26)29-23)30(4)17-27-21/h11-14,17,19H,5-10,15-16H2,1-4H3. The van der Waals surface area contributed by atoms with Gasteiger partial charge in [-0.1, -0.05) is 51.5 Å². The van der Waals surface area contributed by atoms with Gasteiger partial charge in [0.1, 0.15) is 0 Å². The number of anilines is 1. The van der Waals surface area contributed by atoms with Gasteiger partial charge in [0.2, 0.25) is 5.28 Å². The molecule has 0 N–H and O–H groups in total. The van der Waals surface area contributed by atoms with Gasteiger partial charge in [0, 0.05) is 20.1 Å². The number of fused-ring (bicyclic) bond motifs is 1. The zero-order valence-electron chi connectivity index (χ0n) is 19.2. The monoisotopic (exact) mass is 439 g/mol. The Balaban J connectivity index is 1.31. The van der Waals surface area contributed by atoms with Crippen LogP contribution in [0.2, 0.25) is 5.28 Å². The number of unbranched alkanes of at least 4 members (excludes halogenated alkanes) is 1. The van der Waals surface area contributed by atoms with Crippen molar-refractivity contribution in [3.05, 3.63) is 47.0 Å². The van der Waals surface area contributed by atoms with Gasteiger partial charge in [-0.2, -0.15) is 9.97 Å². The van der Waals surface area contributed by atoms with Crippen molar-refractivity contribution in [2.24, 2.45) is 13.0 Å². The number of benzene rings is 1. The Morgan fingerprint density at radius 3 is 2.61 bits per heavy atom. The molecule has 0 spiro atoms. The van der Waals surface area contributed by atoms with Crippen LogP contribution in [0.1, 0.15) is 64.0 Å². The molecule has 1 unspecified atom stereocenters. The molecule has 1 fully saturated rings. The van der Waals surface area contributed by atoms with Crippen LogP contribution in [0.4, 0.5) is 5.82 Å². The Kier molecular flexibility index (Phi) is 6.52. The van der Waals surface area contributed by atoms with E-state index in [0.717, 1.165) is 36.5 Å². The van der Waals surface area contributed by atoms with Crippen LogP contribution >= 0.6 is 11.6 Å². The fourth-order valence-corrected chi connectivity index (χ4v) is 4.77. The third-order valence-corrected chi connectivity index (χ3v) is 6.65. The Morgan fingerprint density at radius 2 is 1.87 bits per heavy atom. The molecule has 1 aliphatic rings.